The second kappa shape index (κ2) is 5.53. The van der Waals surface area contributed by atoms with Gasteiger partial charge >= 0.3 is 0 Å². The summed E-state index contributed by atoms with van der Waals surface area (Å²) in [4.78, 5) is 4.41. The van der Waals surface area contributed by atoms with Crippen molar-refractivity contribution >= 4 is 0 Å². The lowest BCUT2D eigenvalue weighted by Gasteiger charge is -2.14. The van der Waals surface area contributed by atoms with E-state index in [2.05, 4.69) is 29.2 Å². The summed E-state index contributed by atoms with van der Waals surface area (Å²) in [5.74, 6) is 2.76. The normalized spacial score (nSPS) is 12.1. The summed E-state index contributed by atoms with van der Waals surface area (Å²) in [6, 6.07) is 4.04. The van der Waals surface area contributed by atoms with Crippen LogP contribution < -0.4 is 5.32 Å². The molecule has 1 aromatic heterocycles. The number of aromatic nitrogens is 1. The van der Waals surface area contributed by atoms with Gasteiger partial charge in [-0.25, -0.2) is 0 Å². The van der Waals surface area contributed by atoms with Crippen LogP contribution in [0, 0.1) is 26.2 Å². The minimum atomic E-state index is -0.0157. The Labute approximate surface area is 92.1 Å². The molecule has 0 aromatic carbocycles. The molecular weight excluding hydrogens is 184 g/mol. The fraction of sp³-hybridized carbons (Fsp3) is 0.462. The molecule has 2 heteroatoms. The van der Waals surface area contributed by atoms with Gasteiger partial charge in [-0.15, -0.1) is 6.42 Å². The van der Waals surface area contributed by atoms with Gasteiger partial charge in [0.25, 0.3) is 0 Å². The lowest BCUT2D eigenvalue weighted by atomic mass is 10.1. The molecule has 0 spiro atoms. The molecule has 0 aliphatic rings. The Morgan fingerprint density at radius 3 is 2.73 bits per heavy atom. The molecule has 1 rings (SSSR count). The van der Waals surface area contributed by atoms with E-state index in [1.54, 1.807) is 0 Å². The van der Waals surface area contributed by atoms with Gasteiger partial charge in [0.2, 0.25) is 0 Å². The first-order chi connectivity index (χ1) is 7.19. The molecular formula is C13H18N2. The summed E-state index contributed by atoms with van der Waals surface area (Å²) in [6.07, 6.45) is 6.59. The van der Waals surface area contributed by atoms with Gasteiger partial charge in [-0.05, 0) is 32.9 Å². The molecule has 0 aliphatic heterocycles. The van der Waals surface area contributed by atoms with Crippen molar-refractivity contribution in [2.45, 2.75) is 33.2 Å². The molecule has 80 valence electrons. The quantitative estimate of drug-likeness (QED) is 0.758. The van der Waals surface area contributed by atoms with E-state index in [1.807, 2.05) is 19.9 Å². The average Bonchev–Trinajstić information content (AvgIpc) is 2.21. The predicted molar refractivity (Wildman–Crippen MR) is 63.6 cm³/mol. The first kappa shape index (κ1) is 11.7. The molecule has 0 saturated carbocycles. The smallest absolute Gasteiger partial charge is 0.0960 e. The summed E-state index contributed by atoms with van der Waals surface area (Å²) >= 11 is 0. The lowest BCUT2D eigenvalue weighted by molar-refractivity contribution is 0.621. The highest BCUT2D eigenvalue weighted by atomic mass is 14.9. The fourth-order valence-corrected chi connectivity index (χ4v) is 1.55. The van der Waals surface area contributed by atoms with Gasteiger partial charge in [0, 0.05) is 17.0 Å². The van der Waals surface area contributed by atoms with Gasteiger partial charge in [0.15, 0.2) is 0 Å². The van der Waals surface area contributed by atoms with Crippen molar-refractivity contribution in [2.75, 3.05) is 6.54 Å². The van der Waals surface area contributed by atoms with Gasteiger partial charge < -0.3 is 0 Å². The van der Waals surface area contributed by atoms with Crippen LogP contribution in [0.4, 0.5) is 0 Å². The minimum absolute atomic E-state index is 0.0157. The second-order valence-electron chi connectivity index (χ2n) is 3.68. The predicted octanol–water partition coefficient (Wildman–Crippen LogP) is 2.37. The molecule has 1 unspecified atom stereocenters. The molecule has 0 saturated heterocycles. The fourth-order valence-electron chi connectivity index (χ4n) is 1.55. The topological polar surface area (TPSA) is 24.9 Å². The van der Waals surface area contributed by atoms with Crippen LogP contribution in [0.15, 0.2) is 12.1 Å². The third-order valence-corrected chi connectivity index (χ3v) is 2.34. The van der Waals surface area contributed by atoms with Crippen LogP contribution >= 0.6 is 0 Å². The number of nitrogens with zero attached hydrogens (tertiary/aromatic N) is 1. The van der Waals surface area contributed by atoms with E-state index in [-0.39, 0.29) is 6.04 Å². The molecule has 1 N–H and O–H groups in total. The third-order valence-electron chi connectivity index (χ3n) is 2.34. The summed E-state index contributed by atoms with van der Waals surface area (Å²) in [6.45, 7) is 7.05. The maximum atomic E-state index is 5.51. The Morgan fingerprint density at radius 2 is 2.20 bits per heavy atom. The summed E-state index contributed by atoms with van der Waals surface area (Å²) in [5.41, 5.74) is 3.15. The van der Waals surface area contributed by atoms with Crippen LogP contribution in [-0.4, -0.2) is 11.5 Å². The van der Waals surface area contributed by atoms with Crippen LogP contribution in [0.2, 0.25) is 0 Å². The van der Waals surface area contributed by atoms with Gasteiger partial charge in [-0.1, -0.05) is 18.9 Å². The maximum Gasteiger partial charge on any atom is 0.0960 e. The van der Waals surface area contributed by atoms with Crippen LogP contribution in [0.5, 0.6) is 0 Å². The highest BCUT2D eigenvalue weighted by molar-refractivity contribution is 5.30. The average molecular weight is 202 g/mol. The van der Waals surface area contributed by atoms with E-state index >= 15 is 0 Å². The molecule has 0 bridgehead atoms. The molecule has 1 aromatic rings. The maximum absolute atomic E-state index is 5.51. The zero-order chi connectivity index (χ0) is 11.3. The molecule has 0 aliphatic carbocycles. The van der Waals surface area contributed by atoms with Gasteiger partial charge in [0.1, 0.15) is 0 Å². The van der Waals surface area contributed by atoms with Gasteiger partial charge in [-0.3, -0.25) is 10.3 Å². The number of hydrogen-bond acceptors (Lipinski definition) is 2. The number of nitrogens with one attached hydrogen (secondary N) is 1. The van der Waals surface area contributed by atoms with Crippen molar-refractivity contribution in [3.63, 3.8) is 0 Å². The van der Waals surface area contributed by atoms with Crippen molar-refractivity contribution in [1.82, 2.24) is 10.3 Å². The Morgan fingerprint density at radius 1 is 1.47 bits per heavy atom. The summed E-state index contributed by atoms with van der Waals surface area (Å²) in [5, 5.41) is 3.32. The number of pyridine rings is 1. The Bertz CT molecular complexity index is 363. The minimum Gasteiger partial charge on any atom is -0.300 e. The van der Waals surface area contributed by atoms with Crippen LogP contribution in [-0.2, 0) is 0 Å². The largest absolute Gasteiger partial charge is 0.300 e. The molecule has 1 heterocycles. The molecule has 15 heavy (non-hydrogen) atoms. The zero-order valence-electron chi connectivity index (χ0n) is 9.67. The molecule has 0 fully saturated rings. The summed E-state index contributed by atoms with van der Waals surface area (Å²) in [7, 11) is 0. The second-order valence-corrected chi connectivity index (χ2v) is 3.68. The zero-order valence-corrected chi connectivity index (χ0v) is 9.67. The molecule has 0 amide bonds. The first-order valence-electron chi connectivity index (χ1n) is 5.32. The van der Waals surface area contributed by atoms with Crippen molar-refractivity contribution in [1.29, 1.82) is 0 Å². The van der Waals surface area contributed by atoms with Crippen molar-refractivity contribution < 1.29 is 0 Å². The van der Waals surface area contributed by atoms with E-state index in [0.717, 1.165) is 29.9 Å². The van der Waals surface area contributed by atoms with E-state index in [1.165, 1.54) is 0 Å². The molecule has 1 atom stereocenters. The lowest BCUT2D eigenvalue weighted by Crippen LogP contribution is -2.21. The number of terminal acetylenes is 1. The van der Waals surface area contributed by atoms with E-state index < -0.39 is 0 Å². The highest BCUT2D eigenvalue weighted by Gasteiger charge is 2.10. The number of hydrogen-bond donors (Lipinski definition) is 1. The van der Waals surface area contributed by atoms with E-state index in [4.69, 9.17) is 6.42 Å². The Kier molecular flexibility index (Phi) is 4.33. The highest BCUT2D eigenvalue weighted by Crippen LogP contribution is 2.15. The Balaban J connectivity index is 2.88. The SMILES string of the molecule is C#CC(NCCC)c1ccc(C)nc1C. The first-order valence-corrected chi connectivity index (χ1v) is 5.32. The monoisotopic (exact) mass is 202 g/mol. The number of rotatable bonds is 4. The number of aryl methyl sites for hydroxylation is 2. The van der Waals surface area contributed by atoms with Crippen LogP contribution in [0.3, 0.4) is 0 Å². The van der Waals surface area contributed by atoms with Crippen molar-refractivity contribution in [2.24, 2.45) is 0 Å². The Hall–Kier alpha value is -1.33. The third kappa shape index (κ3) is 3.07. The van der Waals surface area contributed by atoms with Gasteiger partial charge in [0.05, 0.1) is 6.04 Å². The standard InChI is InChI=1S/C13H18N2/c1-5-9-14-13(6-2)12-8-7-10(3)15-11(12)4/h2,7-8,13-14H,5,9H2,1,3-4H3. The van der Waals surface area contributed by atoms with E-state index in [9.17, 15) is 0 Å². The van der Waals surface area contributed by atoms with Crippen molar-refractivity contribution in [3.8, 4) is 12.3 Å². The van der Waals surface area contributed by atoms with Crippen LogP contribution in [0.1, 0.15) is 36.3 Å². The van der Waals surface area contributed by atoms with Gasteiger partial charge in [-0.2, -0.15) is 0 Å². The molecule has 0 radical (unpaired) electrons. The van der Waals surface area contributed by atoms with Crippen LogP contribution in [0.25, 0.3) is 0 Å². The van der Waals surface area contributed by atoms with E-state index in [0.29, 0.717) is 0 Å². The van der Waals surface area contributed by atoms with Crippen molar-refractivity contribution in [3.05, 3.63) is 29.1 Å². The molecule has 2 nitrogen and oxygen atoms in total. The summed E-state index contributed by atoms with van der Waals surface area (Å²) < 4.78 is 0.